The van der Waals surface area contributed by atoms with Crippen LogP contribution in [0.15, 0.2) is 64.9 Å². The molecule has 6 nitrogen and oxygen atoms in total. The molecule has 0 aliphatic heterocycles. The first-order chi connectivity index (χ1) is 14.0. The summed E-state index contributed by atoms with van der Waals surface area (Å²) in [6.07, 6.45) is 0.871. The third kappa shape index (κ3) is 4.78. The van der Waals surface area contributed by atoms with Gasteiger partial charge in [-0.25, -0.2) is 13.2 Å². The summed E-state index contributed by atoms with van der Waals surface area (Å²) in [5.74, 6) is 0.108. The zero-order valence-electron chi connectivity index (χ0n) is 16.0. The van der Waals surface area contributed by atoms with Gasteiger partial charge in [-0.15, -0.1) is 11.3 Å². The Kier molecular flexibility index (Phi) is 6.56. The van der Waals surface area contributed by atoms with Crippen molar-refractivity contribution in [2.75, 3.05) is 18.4 Å². The molecule has 1 heterocycles. The predicted octanol–water partition coefficient (Wildman–Crippen LogP) is 4.79. The van der Waals surface area contributed by atoms with Gasteiger partial charge >= 0.3 is 5.97 Å². The number of sulfonamides is 1. The molecule has 0 atom stereocenters. The number of carbonyl (C=O) groups excluding carboxylic acids is 1. The van der Waals surface area contributed by atoms with Crippen molar-refractivity contribution in [1.82, 2.24) is 0 Å². The molecule has 0 fully saturated rings. The van der Waals surface area contributed by atoms with Crippen LogP contribution in [0.2, 0.25) is 0 Å². The standard InChI is InChI=1S/C21H21NO5S2/c1-3-12-27-19-10-5-4-9-17(19)15-7-6-8-16(14-15)29(24,25)22-18-11-13-28-20(18)21(23)26-2/h4-11,13-14,22H,3,12H2,1-2H3. The Morgan fingerprint density at radius 1 is 1.10 bits per heavy atom. The number of carbonyl (C=O) groups is 1. The number of rotatable bonds is 8. The highest BCUT2D eigenvalue weighted by Gasteiger charge is 2.21. The largest absolute Gasteiger partial charge is 0.493 e. The molecule has 2 aromatic carbocycles. The Morgan fingerprint density at radius 2 is 1.90 bits per heavy atom. The average Bonchev–Trinajstić information content (AvgIpc) is 3.19. The molecule has 0 spiro atoms. The smallest absolute Gasteiger partial charge is 0.350 e. The van der Waals surface area contributed by atoms with Crippen LogP contribution < -0.4 is 9.46 Å². The van der Waals surface area contributed by atoms with Gasteiger partial charge < -0.3 is 9.47 Å². The van der Waals surface area contributed by atoms with E-state index >= 15 is 0 Å². The molecule has 0 bridgehead atoms. The lowest BCUT2D eigenvalue weighted by Gasteiger charge is -2.13. The van der Waals surface area contributed by atoms with Crippen LogP contribution in [0.1, 0.15) is 23.0 Å². The topological polar surface area (TPSA) is 81.7 Å². The quantitative estimate of drug-likeness (QED) is 0.519. The van der Waals surface area contributed by atoms with E-state index < -0.39 is 16.0 Å². The fourth-order valence-electron chi connectivity index (χ4n) is 2.72. The van der Waals surface area contributed by atoms with Crippen LogP contribution in [0.5, 0.6) is 5.75 Å². The molecular formula is C21H21NO5S2. The van der Waals surface area contributed by atoms with Gasteiger partial charge in [-0.1, -0.05) is 37.3 Å². The van der Waals surface area contributed by atoms with Crippen LogP contribution in [0, 0.1) is 0 Å². The van der Waals surface area contributed by atoms with Gasteiger partial charge in [-0.05, 0) is 41.6 Å². The molecule has 1 aromatic heterocycles. The van der Waals surface area contributed by atoms with Crippen molar-refractivity contribution in [2.24, 2.45) is 0 Å². The number of ether oxygens (including phenoxy) is 2. The lowest BCUT2D eigenvalue weighted by molar-refractivity contribution is 0.0607. The Hall–Kier alpha value is -2.84. The molecule has 0 radical (unpaired) electrons. The fraction of sp³-hybridized carbons (Fsp3) is 0.190. The molecule has 0 aliphatic rings. The van der Waals surface area contributed by atoms with E-state index in [0.717, 1.165) is 28.9 Å². The fourth-order valence-corrected chi connectivity index (χ4v) is 4.67. The number of esters is 1. The van der Waals surface area contributed by atoms with E-state index in [2.05, 4.69) is 4.72 Å². The second-order valence-electron chi connectivity index (χ2n) is 6.13. The Balaban J connectivity index is 1.94. The number of hydrogen-bond donors (Lipinski definition) is 1. The second-order valence-corrected chi connectivity index (χ2v) is 8.73. The lowest BCUT2D eigenvalue weighted by atomic mass is 10.0. The van der Waals surface area contributed by atoms with Crippen molar-refractivity contribution >= 4 is 33.0 Å². The molecule has 0 aliphatic carbocycles. The number of nitrogens with one attached hydrogen (secondary N) is 1. The van der Waals surface area contributed by atoms with E-state index in [1.165, 1.54) is 19.2 Å². The van der Waals surface area contributed by atoms with E-state index in [1.54, 1.807) is 17.5 Å². The third-order valence-corrected chi connectivity index (χ3v) is 6.34. The molecule has 1 N–H and O–H groups in total. The monoisotopic (exact) mass is 431 g/mol. The summed E-state index contributed by atoms with van der Waals surface area (Å²) in [6.45, 7) is 2.60. The van der Waals surface area contributed by atoms with E-state index in [9.17, 15) is 13.2 Å². The Bertz CT molecular complexity index is 1110. The van der Waals surface area contributed by atoms with Crippen LogP contribution in [0.4, 0.5) is 5.69 Å². The minimum absolute atomic E-state index is 0.0855. The highest BCUT2D eigenvalue weighted by atomic mass is 32.2. The molecular weight excluding hydrogens is 410 g/mol. The van der Waals surface area contributed by atoms with Crippen LogP contribution >= 0.6 is 11.3 Å². The van der Waals surface area contributed by atoms with Crippen LogP contribution in [0.3, 0.4) is 0 Å². The maximum atomic E-state index is 12.9. The van der Waals surface area contributed by atoms with E-state index in [-0.39, 0.29) is 15.5 Å². The van der Waals surface area contributed by atoms with Crippen LogP contribution in [-0.2, 0) is 14.8 Å². The average molecular weight is 432 g/mol. The molecule has 152 valence electrons. The predicted molar refractivity (Wildman–Crippen MR) is 114 cm³/mol. The first-order valence-electron chi connectivity index (χ1n) is 8.97. The van der Waals surface area contributed by atoms with E-state index in [1.807, 2.05) is 37.3 Å². The molecule has 0 unspecified atom stereocenters. The third-order valence-electron chi connectivity index (χ3n) is 4.08. The summed E-state index contributed by atoms with van der Waals surface area (Å²) in [5, 5.41) is 1.63. The molecule has 8 heteroatoms. The van der Waals surface area contributed by atoms with Crippen molar-refractivity contribution in [3.63, 3.8) is 0 Å². The SMILES string of the molecule is CCCOc1ccccc1-c1cccc(S(=O)(=O)Nc2ccsc2C(=O)OC)c1. The number of benzene rings is 2. The summed E-state index contributed by atoms with van der Waals surface area (Å²) in [6, 6.07) is 15.6. The molecule has 3 aromatic rings. The normalized spacial score (nSPS) is 11.1. The molecule has 3 rings (SSSR count). The molecule has 0 amide bonds. The van der Waals surface area contributed by atoms with Gasteiger partial charge in [0.1, 0.15) is 10.6 Å². The summed E-state index contributed by atoms with van der Waals surface area (Å²) in [4.78, 5) is 12.1. The first-order valence-corrected chi connectivity index (χ1v) is 11.3. The van der Waals surface area contributed by atoms with Crippen molar-refractivity contribution in [3.05, 3.63) is 64.9 Å². The van der Waals surface area contributed by atoms with Crippen molar-refractivity contribution < 1.29 is 22.7 Å². The van der Waals surface area contributed by atoms with Crippen molar-refractivity contribution in [2.45, 2.75) is 18.2 Å². The van der Waals surface area contributed by atoms with Gasteiger partial charge in [0.15, 0.2) is 0 Å². The number of hydrogen-bond acceptors (Lipinski definition) is 6. The Morgan fingerprint density at radius 3 is 2.66 bits per heavy atom. The zero-order valence-corrected chi connectivity index (χ0v) is 17.7. The van der Waals surface area contributed by atoms with E-state index in [4.69, 9.17) is 9.47 Å². The van der Waals surface area contributed by atoms with Crippen molar-refractivity contribution in [3.8, 4) is 16.9 Å². The van der Waals surface area contributed by atoms with Gasteiger partial charge in [-0.2, -0.15) is 0 Å². The van der Waals surface area contributed by atoms with Crippen molar-refractivity contribution in [1.29, 1.82) is 0 Å². The zero-order chi connectivity index (χ0) is 20.9. The number of para-hydroxylation sites is 1. The maximum Gasteiger partial charge on any atom is 0.350 e. The van der Waals surface area contributed by atoms with Gasteiger partial charge in [0, 0.05) is 5.56 Å². The second kappa shape index (κ2) is 9.11. The van der Waals surface area contributed by atoms with Gasteiger partial charge in [-0.3, -0.25) is 4.72 Å². The summed E-state index contributed by atoms with van der Waals surface area (Å²) >= 11 is 1.11. The molecule has 0 saturated carbocycles. The minimum atomic E-state index is -3.90. The number of methoxy groups -OCH3 is 1. The summed E-state index contributed by atoms with van der Waals surface area (Å²) in [5.41, 5.74) is 1.72. The van der Waals surface area contributed by atoms with Gasteiger partial charge in [0.25, 0.3) is 10.0 Å². The first kappa shape index (κ1) is 20.9. The summed E-state index contributed by atoms with van der Waals surface area (Å²) in [7, 11) is -2.65. The van der Waals surface area contributed by atoms with E-state index in [0.29, 0.717) is 12.4 Å². The van der Waals surface area contributed by atoms with Crippen LogP contribution in [-0.4, -0.2) is 28.1 Å². The van der Waals surface area contributed by atoms with Gasteiger partial charge in [0.05, 0.1) is 24.3 Å². The molecule has 29 heavy (non-hydrogen) atoms. The highest BCUT2D eigenvalue weighted by Crippen LogP contribution is 2.32. The van der Waals surface area contributed by atoms with Gasteiger partial charge in [0.2, 0.25) is 0 Å². The minimum Gasteiger partial charge on any atom is -0.493 e. The number of anilines is 1. The summed E-state index contributed by atoms with van der Waals surface area (Å²) < 4.78 is 38.8. The highest BCUT2D eigenvalue weighted by molar-refractivity contribution is 7.92. The maximum absolute atomic E-state index is 12.9. The molecule has 0 saturated heterocycles. The van der Waals surface area contributed by atoms with Crippen LogP contribution in [0.25, 0.3) is 11.1 Å². The Labute approximate surface area is 174 Å². The lowest BCUT2D eigenvalue weighted by Crippen LogP contribution is -2.14. The number of thiophene rings is 1.